The Kier molecular flexibility index (Phi) is 51.2. The van der Waals surface area contributed by atoms with E-state index in [4.69, 9.17) is 14.2 Å². The molecular formula is C57H108O6. The van der Waals surface area contributed by atoms with Gasteiger partial charge in [0.1, 0.15) is 13.2 Å². The van der Waals surface area contributed by atoms with Gasteiger partial charge < -0.3 is 14.2 Å². The first kappa shape index (κ1) is 61.1. The molecule has 0 heterocycles. The van der Waals surface area contributed by atoms with Crippen molar-refractivity contribution in [1.82, 2.24) is 0 Å². The fraction of sp³-hybridized carbons (Fsp3) is 0.912. The number of hydrogen-bond acceptors (Lipinski definition) is 6. The topological polar surface area (TPSA) is 78.9 Å². The fourth-order valence-corrected chi connectivity index (χ4v) is 8.50. The molecule has 0 radical (unpaired) electrons. The summed E-state index contributed by atoms with van der Waals surface area (Å²) in [6.45, 7) is 6.64. The molecular weight excluding hydrogens is 781 g/mol. The third kappa shape index (κ3) is 51.0. The number of rotatable bonds is 52. The highest BCUT2D eigenvalue weighted by molar-refractivity contribution is 5.71. The minimum absolute atomic E-state index is 0.0653. The lowest BCUT2D eigenvalue weighted by molar-refractivity contribution is -0.167. The Balaban J connectivity index is 4.11. The number of carbonyl (C=O) groups is 3. The number of ether oxygens (including phenoxy) is 3. The lowest BCUT2D eigenvalue weighted by Crippen LogP contribution is -2.30. The Bertz CT molecular complexity index is 978. The van der Waals surface area contributed by atoms with Gasteiger partial charge in [-0.25, -0.2) is 0 Å². The molecule has 0 bridgehead atoms. The minimum atomic E-state index is -0.762. The fourth-order valence-electron chi connectivity index (χ4n) is 8.50. The van der Waals surface area contributed by atoms with Gasteiger partial charge in [-0.2, -0.15) is 0 Å². The average Bonchev–Trinajstić information content (AvgIpc) is 3.28. The molecule has 0 aromatic carbocycles. The first-order chi connectivity index (χ1) is 31.0. The summed E-state index contributed by atoms with van der Waals surface area (Å²) in [6.07, 6.45) is 59.4. The number of carbonyl (C=O) groups excluding carboxylic acids is 3. The van der Waals surface area contributed by atoms with Crippen molar-refractivity contribution < 1.29 is 28.6 Å². The van der Waals surface area contributed by atoms with Gasteiger partial charge in [-0.15, -0.1) is 0 Å². The van der Waals surface area contributed by atoms with E-state index in [2.05, 4.69) is 32.9 Å². The van der Waals surface area contributed by atoms with E-state index in [0.717, 1.165) is 57.8 Å². The Morgan fingerprint density at radius 3 is 0.794 bits per heavy atom. The summed E-state index contributed by atoms with van der Waals surface area (Å²) < 4.78 is 16.8. The monoisotopic (exact) mass is 889 g/mol. The lowest BCUT2D eigenvalue weighted by atomic mass is 10.0. The number of allylic oxidation sites excluding steroid dienone is 2. The molecule has 0 aromatic rings. The standard InChI is InChI=1S/C57H108O6/c1-4-7-10-13-16-18-20-22-24-25-26-27-28-29-30-31-33-34-36-38-41-44-47-50-56(59)62-53-54(52-61-55(58)49-46-43-40-15-12-9-6-3)63-57(60)51-48-45-42-39-37-35-32-23-21-19-17-14-11-8-5-2/h25-26,54H,4-24,27-53H2,1-3H3/b26-25-. The Morgan fingerprint density at radius 2 is 0.524 bits per heavy atom. The van der Waals surface area contributed by atoms with E-state index >= 15 is 0 Å². The van der Waals surface area contributed by atoms with Gasteiger partial charge in [0.15, 0.2) is 6.10 Å². The first-order valence-electron chi connectivity index (χ1n) is 28.2. The molecule has 0 N–H and O–H groups in total. The zero-order valence-corrected chi connectivity index (χ0v) is 42.6. The normalized spacial score (nSPS) is 12.0. The van der Waals surface area contributed by atoms with E-state index in [0.29, 0.717) is 19.3 Å². The maximum Gasteiger partial charge on any atom is 0.306 e. The summed E-state index contributed by atoms with van der Waals surface area (Å²) in [4.78, 5) is 37.9. The highest BCUT2D eigenvalue weighted by atomic mass is 16.6. The van der Waals surface area contributed by atoms with E-state index < -0.39 is 6.10 Å². The summed E-state index contributed by atoms with van der Waals surface area (Å²) in [5.41, 5.74) is 0. The van der Waals surface area contributed by atoms with Crippen LogP contribution in [0.3, 0.4) is 0 Å². The predicted molar refractivity (Wildman–Crippen MR) is 270 cm³/mol. The van der Waals surface area contributed by atoms with Crippen molar-refractivity contribution in [2.24, 2.45) is 0 Å². The molecule has 63 heavy (non-hydrogen) atoms. The largest absolute Gasteiger partial charge is 0.462 e. The third-order valence-corrected chi connectivity index (χ3v) is 12.8. The summed E-state index contributed by atoms with van der Waals surface area (Å²) in [5.74, 6) is -0.853. The zero-order chi connectivity index (χ0) is 45.8. The summed E-state index contributed by atoms with van der Waals surface area (Å²) in [6, 6.07) is 0. The lowest BCUT2D eigenvalue weighted by Gasteiger charge is -2.18. The SMILES string of the molecule is CCCCCCCCCC/C=C\CCCCCCCCCCCCCC(=O)OCC(COC(=O)CCCCCCCCC)OC(=O)CCCCCCCCCCCCCCCCC. The predicted octanol–water partition coefficient (Wildman–Crippen LogP) is 18.5. The van der Waals surface area contributed by atoms with Crippen LogP contribution in [0.1, 0.15) is 316 Å². The van der Waals surface area contributed by atoms with Gasteiger partial charge in [-0.3, -0.25) is 14.4 Å². The van der Waals surface area contributed by atoms with E-state index in [-0.39, 0.29) is 31.1 Å². The number of esters is 3. The van der Waals surface area contributed by atoms with Crippen LogP contribution in [0.15, 0.2) is 12.2 Å². The Labute approximate surface area is 392 Å². The van der Waals surface area contributed by atoms with Gasteiger partial charge in [-0.05, 0) is 44.9 Å². The molecule has 1 atom stereocenters. The number of hydrogen-bond donors (Lipinski definition) is 0. The maximum absolute atomic E-state index is 12.8. The molecule has 0 saturated heterocycles. The summed E-state index contributed by atoms with van der Waals surface area (Å²) in [7, 11) is 0. The van der Waals surface area contributed by atoms with Crippen LogP contribution in [0.5, 0.6) is 0 Å². The van der Waals surface area contributed by atoms with Crippen LogP contribution in [-0.2, 0) is 28.6 Å². The van der Waals surface area contributed by atoms with Gasteiger partial charge >= 0.3 is 17.9 Å². The molecule has 0 aliphatic rings. The van der Waals surface area contributed by atoms with Gasteiger partial charge in [0, 0.05) is 19.3 Å². The van der Waals surface area contributed by atoms with Crippen LogP contribution >= 0.6 is 0 Å². The second-order valence-electron chi connectivity index (χ2n) is 19.2. The van der Waals surface area contributed by atoms with Gasteiger partial charge in [-0.1, -0.05) is 264 Å². The van der Waals surface area contributed by atoms with Crippen molar-refractivity contribution in [3.8, 4) is 0 Å². The molecule has 0 rings (SSSR count). The van der Waals surface area contributed by atoms with Crippen molar-refractivity contribution in [3.63, 3.8) is 0 Å². The van der Waals surface area contributed by atoms with Crippen LogP contribution in [0.25, 0.3) is 0 Å². The molecule has 0 aliphatic carbocycles. The highest BCUT2D eigenvalue weighted by Gasteiger charge is 2.19. The molecule has 0 saturated carbocycles. The van der Waals surface area contributed by atoms with Crippen LogP contribution in [0, 0.1) is 0 Å². The quantitative estimate of drug-likeness (QED) is 0.0262. The number of unbranched alkanes of at least 4 members (excludes halogenated alkanes) is 39. The molecule has 0 aliphatic heterocycles. The molecule has 6 heteroatoms. The zero-order valence-electron chi connectivity index (χ0n) is 42.6. The van der Waals surface area contributed by atoms with E-state index in [9.17, 15) is 14.4 Å². The van der Waals surface area contributed by atoms with Crippen LogP contribution in [0.4, 0.5) is 0 Å². The van der Waals surface area contributed by atoms with Crippen LogP contribution < -0.4 is 0 Å². The first-order valence-corrected chi connectivity index (χ1v) is 28.2. The average molecular weight is 889 g/mol. The van der Waals surface area contributed by atoms with E-state index in [1.165, 1.54) is 218 Å². The summed E-state index contributed by atoms with van der Waals surface area (Å²) >= 11 is 0. The van der Waals surface area contributed by atoms with Crippen LogP contribution in [0.2, 0.25) is 0 Å². The molecule has 0 fully saturated rings. The minimum Gasteiger partial charge on any atom is -0.462 e. The van der Waals surface area contributed by atoms with Crippen molar-refractivity contribution >= 4 is 17.9 Å². The van der Waals surface area contributed by atoms with Crippen molar-refractivity contribution in [2.75, 3.05) is 13.2 Å². The van der Waals surface area contributed by atoms with Crippen molar-refractivity contribution in [1.29, 1.82) is 0 Å². The molecule has 0 amide bonds. The van der Waals surface area contributed by atoms with E-state index in [1.54, 1.807) is 0 Å². The highest BCUT2D eigenvalue weighted by Crippen LogP contribution is 2.17. The van der Waals surface area contributed by atoms with Crippen molar-refractivity contribution in [2.45, 2.75) is 322 Å². The second-order valence-corrected chi connectivity index (χ2v) is 19.2. The summed E-state index contributed by atoms with van der Waals surface area (Å²) in [5, 5.41) is 0. The van der Waals surface area contributed by atoms with Gasteiger partial charge in [0.25, 0.3) is 0 Å². The van der Waals surface area contributed by atoms with E-state index in [1.807, 2.05) is 0 Å². The Morgan fingerprint density at radius 1 is 0.302 bits per heavy atom. The van der Waals surface area contributed by atoms with Gasteiger partial charge in [0.05, 0.1) is 0 Å². The second kappa shape index (κ2) is 52.8. The molecule has 0 aromatic heterocycles. The third-order valence-electron chi connectivity index (χ3n) is 12.8. The van der Waals surface area contributed by atoms with Crippen molar-refractivity contribution in [3.05, 3.63) is 12.2 Å². The molecule has 1 unspecified atom stereocenters. The maximum atomic E-state index is 12.8. The van der Waals surface area contributed by atoms with Crippen LogP contribution in [-0.4, -0.2) is 37.2 Å². The smallest absolute Gasteiger partial charge is 0.306 e. The van der Waals surface area contributed by atoms with Gasteiger partial charge in [0.2, 0.25) is 0 Å². The molecule has 6 nitrogen and oxygen atoms in total. The molecule has 0 spiro atoms. The Hall–Kier alpha value is -1.85. The molecule has 372 valence electrons.